The molecule has 3 fully saturated rings. The van der Waals surface area contributed by atoms with Crippen molar-refractivity contribution in [2.75, 3.05) is 172 Å². The van der Waals surface area contributed by atoms with Crippen molar-refractivity contribution in [2.24, 2.45) is 0 Å². The summed E-state index contributed by atoms with van der Waals surface area (Å²) < 4.78 is 84.7. The summed E-state index contributed by atoms with van der Waals surface area (Å²) in [6, 6.07) is 32.9. The highest BCUT2D eigenvalue weighted by molar-refractivity contribution is 7.97. The van der Waals surface area contributed by atoms with E-state index in [0.717, 1.165) is 50.8 Å². The smallest absolute Gasteiger partial charge is 0.270 e. The number of nitrogens with zero attached hydrogens (tertiary/aromatic N) is 9. The van der Waals surface area contributed by atoms with E-state index >= 15 is 0 Å². The number of nitrogens with one attached hydrogen (secondary N) is 3. The quantitative estimate of drug-likeness (QED) is 0.0683. The van der Waals surface area contributed by atoms with Gasteiger partial charge in [0.15, 0.2) is 5.75 Å². The number of benzene rings is 6. The lowest BCUT2D eigenvalue weighted by atomic mass is 10.1. The van der Waals surface area contributed by atoms with Gasteiger partial charge in [0, 0.05) is 177 Å². The topological polar surface area (TPSA) is 270 Å². The fraction of sp³-hybridized carbons (Fsp3) is 0.424. The normalized spacial score (nSPS) is 15.1. The van der Waals surface area contributed by atoms with Crippen LogP contribution < -0.4 is 30.7 Å². The third-order valence-electron chi connectivity index (χ3n) is 16.6. The summed E-state index contributed by atoms with van der Waals surface area (Å²) in [6.07, 6.45) is 1.42. The molecule has 3 aliphatic rings. The van der Waals surface area contributed by atoms with E-state index in [4.69, 9.17) is 0 Å². The zero-order valence-corrected chi connectivity index (χ0v) is 58.4. The molecule has 0 saturated carbocycles. The summed E-state index contributed by atoms with van der Waals surface area (Å²) in [7, 11) is 0.470. The van der Waals surface area contributed by atoms with E-state index in [1.165, 1.54) is 12.9 Å². The molecular formula is C66H89N12O12S4+. The Morgan fingerprint density at radius 2 is 0.691 bits per heavy atom. The molecular weight excluding hydrogens is 1280 g/mol. The first-order chi connectivity index (χ1) is 44.7. The number of sulfonamides is 3. The van der Waals surface area contributed by atoms with Gasteiger partial charge in [0.1, 0.15) is 11.5 Å². The van der Waals surface area contributed by atoms with E-state index in [2.05, 4.69) is 36.4 Å². The molecule has 3 aliphatic heterocycles. The van der Waals surface area contributed by atoms with Gasteiger partial charge >= 0.3 is 0 Å². The Morgan fingerprint density at radius 3 is 0.968 bits per heavy atom. The van der Waals surface area contributed by atoms with Crippen molar-refractivity contribution in [1.29, 1.82) is 0 Å². The van der Waals surface area contributed by atoms with Crippen LogP contribution in [0.3, 0.4) is 0 Å². The summed E-state index contributed by atoms with van der Waals surface area (Å²) in [6.45, 7) is 12.0. The van der Waals surface area contributed by atoms with Crippen LogP contribution in [-0.2, 0) is 69.7 Å². The zero-order chi connectivity index (χ0) is 68.7. The summed E-state index contributed by atoms with van der Waals surface area (Å²) in [5, 5.41) is 12.4. The second-order valence-corrected chi connectivity index (χ2v) is 31.5. The number of hydrogen-bond acceptors (Lipinski definition) is 15. The summed E-state index contributed by atoms with van der Waals surface area (Å²) in [5.41, 5.74) is 2.85. The molecule has 28 heteroatoms. The van der Waals surface area contributed by atoms with Crippen LogP contribution in [-0.4, -0.2) is 246 Å². The van der Waals surface area contributed by atoms with E-state index in [0.29, 0.717) is 54.5 Å². The number of anilines is 3. The fourth-order valence-electron chi connectivity index (χ4n) is 11.3. The van der Waals surface area contributed by atoms with Gasteiger partial charge in [-0.25, -0.2) is 25.3 Å². The fourth-order valence-corrected chi connectivity index (χ4v) is 17.5. The lowest BCUT2D eigenvalue weighted by molar-refractivity contribution is -0.133. The standard InChI is InChI=1S/C24H34N4O4S2.C21H28N4O4S.C21H26N4O4S/c1-5-33(6-2)18-23(29)25-17-24(30)27-13-15-28(16-14-27)34(31,32)22-12-8-9-19-20(22)10-7-11-21(19)26(3)4;2*1-4-20(26)22-15-21(27)24-11-13-25(14-12-24)30(28,29)19-10-6-7-16-17(19)8-5-9-18(16)23(2)3/h7-12H,5-6,13-18H2,1-4H3;5-10H,4,11-15H2,1-3H3,(H,22,26);4-10H,1,11-15H2,2-3H3,(H,22,26)/p+1. The summed E-state index contributed by atoms with van der Waals surface area (Å²) in [5.74, 6) is 1.04. The first-order valence-electron chi connectivity index (χ1n) is 31.2. The maximum atomic E-state index is 13.5. The minimum atomic E-state index is -3.72. The van der Waals surface area contributed by atoms with E-state index in [9.17, 15) is 54.0 Å². The Labute approximate surface area is 556 Å². The molecule has 0 radical (unpaired) electrons. The molecule has 94 heavy (non-hydrogen) atoms. The molecule has 9 rings (SSSR count). The molecule has 3 heterocycles. The van der Waals surface area contributed by atoms with Crippen molar-refractivity contribution in [3.8, 4) is 0 Å². The molecule has 3 N–H and O–H groups in total. The molecule has 508 valence electrons. The van der Waals surface area contributed by atoms with Crippen LogP contribution in [0.5, 0.6) is 0 Å². The van der Waals surface area contributed by atoms with Crippen molar-refractivity contribution < 1.29 is 54.0 Å². The second-order valence-electron chi connectivity index (χ2n) is 23.1. The average molecular weight is 1370 g/mol. The Kier molecular flexibility index (Phi) is 25.8. The van der Waals surface area contributed by atoms with Crippen LogP contribution in [0.25, 0.3) is 32.3 Å². The Hall–Kier alpha value is -7.86. The molecule has 0 aliphatic carbocycles. The van der Waals surface area contributed by atoms with Gasteiger partial charge in [0.05, 0.1) is 34.3 Å². The Balaban J connectivity index is 0.000000200. The molecule has 24 nitrogen and oxygen atoms in total. The van der Waals surface area contributed by atoms with Gasteiger partial charge in [-0.3, -0.25) is 28.8 Å². The number of rotatable bonds is 21. The molecule has 6 aromatic carbocycles. The van der Waals surface area contributed by atoms with Crippen molar-refractivity contribution >= 4 is 126 Å². The maximum absolute atomic E-state index is 13.5. The van der Waals surface area contributed by atoms with Gasteiger partial charge in [-0.05, 0) is 67.2 Å². The van der Waals surface area contributed by atoms with Crippen LogP contribution in [0.1, 0.15) is 27.2 Å². The largest absolute Gasteiger partial charge is 0.377 e. The first-order valence-corrected chi connectivity index (χ1v) is 37.2. The van der Waals surface area contributed by atoms with Gasteiger partial charge in [0.25, 0.3) is 5.91 Å². The van der Waals surface area contributed by atoms with Gasteiger partial charge in [0.2, 0.25) is 59.6 Å². The number of carbonyl (C=O) groups excluding carboxylic acids is 6. The molecule has 0 bridgehead atoms. The second kappa shape index (κ2) is 33.0. The lowest BCUT2D eigenvalue weighted by Gasteiger charge is -2.34. The number of amides is 6. The molecule has 3 saturated heterocycles. The molecule has 0 atom stereocenters. The number of fused-ring (bicyclic) bond motifs is 3. The van der Waals surface area contributed by atoms with Gasteiger partial charge in [-0.2, -0.15) is 12.9 Å². The summed E-state index contributed by atoms with van der Waals surface area (Å²) in [4.78, 5) is 83.2. The first kappa shape index (κ1) is 73.5. The lowest BCUT2D eigenvalue weighted by Crippen LogP contribution is -2.52. The number of piperazine rings is 3. The third kappa shape index (κ3) is 17.7. The van der Waals surface area contributed by atoms with Crippen molar-refractivity contribution in [1.82, 2.24) is 43.6 Å². The van der Waals surface area contributed by atoms with E-state index in [1.54, 1.807) is 58.0 Å². The van der Waals surface area contributed by atoms with Crippen molar-refractivity contribution in [3.63, 3.8) is 0 Å². The molecule has 6 aromatic rings. The van der Waals surface area contributed by atoms with Crippen LogP contribution in [0.2, 0.25) is 0 Å². The van der Waals surface area contributed by atoms with Crippen LogP contribution >= 0.6 is 0 Å². The van der Waals surface area contributed by atoms with E-state index in [-0.39, 0.29) is 127 Å². The minimum Gasteiger partial charge on any atom is -0.377 e. The highest BCUT2D eigenvalue weighted by Crippen LogP contribution is 2.35. The zero-order valence-electron chi connectivity index (χ0n) is 55.2. The van der Waals surface area contributed by atoms with Crippen LogP contribution in [0, 0.1) is 0 Å². The van der Waals surface area contributed by atoms with Gasteiger partial charge in [-0.15, -0.1) is 0 Å². The minimum absolute atomic E-state index is 0.0488. The number of hydrogen-bond donors (Lipinski definition) is 3. The van der Waals surface area contributed by atoms with E-state index in [1.807, 2.05) is 130 Å². The predicted octanol–water partition coefficient (Wildman–Crippen LogP) is 3.82. The third-order valence-corrected chi connectivity index (χ3v) is 24.8. The summed E-state index contributed by atoms with van der Waals surface area (Å²) >= 11 is 0. The maximum Gasteiger partial charge on any atom is 0.270 e. The van der Waals surface area contributed by atoms with Crippen LogP contribution in [0.4, 0.5) is 17.1 Å². The highest BCUT2D eigenvalue weighted by atomic mass is 32.2. The molecule has 0 spiro atoms. The molecule has 0 unspecified atom stereocenters. The highest BCUT2D eigenvalue weighted by Gasteiger charge is 2.35. The monoisotopic (exact) mass is 1370 g/mol. The van der Waals surface area contributed by atoms with Gasteiger partial charge in [-0.1, -0.05) is 86.3 Å². The van der Waals surface area contributed by atoms with Crippen molar-refractivity contribution in [2.45, 2.75) is 41.9 Å². The van der Waals surface area contributed by atoms with Crippen LogP contribution in [0.15, 0.2) is 137 Å². The average Bonchev–Trinajstić information content (AvgIpc) is 0.781. The van der Waals surface area contributed by atoms with Crippen molar-refractivity contribution in [3.05, 3.63) is 122 Å². The predicted molar refractivity (Wildman–Crippen MR) is 374 cm³/mol. The Morgan fingerprint density at radius 1 is 0.415 bits per heavy atom. The molecule has 6 amide bonds. The Bertz CT molecular complexity index is 4070. The van der Waals surface area contributed by atoms with E-state index < -0.39 is 36.0 Å². The number of carbonyl (C=O) groups is 6. The molecule has 0 aromatic heterocycles. The SMILES string of the molecule is C=CC(=O)NCC(=O)N1CCN(S(=O)(=O)c2cccc3c(N(C)C)cccc23)CC1.CCC(=O)NCC(=O)N1CCN(S(=O)(=O)c2cccc3c(N(C)C)cccc23)CC1.CC[S+](CC)CC(=O)NCC(=O)N1CCN(S(=O)(=O)c2cccc3c(N(C)C)cccc23)CC1. The van der Waals surface area contributed by atoms with Gasteiger partial charge < -0.3 is 45.3 Å².